The minimum atomic E-state index is -0.229. The van der Waals surface area contributed by atoms with Crippen molar-refractivity contribution in [2.75, 3.05) is 10.6 Å². The van der Waals surface area contributed by atoms with Crippen LogP contribution in [0, 0.1) is 6.92 Å². The number of aryl methyl sites for hydroxylation is 1. The van der Waals surface area contributed by atoms with Crippen molar-refractivity contribution < 1.29 is 4.79 Å². The van der Waals surface area contributed by atoms with Gasteiger partial charge in [-0.1, -0.05) is 35.9 Å². The molecule has 1 atom stereocenters. The van der Waals surface area contributed by atoms with Gasteiger partial charge in [-0.15, -0.1) is 0 Å². The highest BCUT2D eigenvalue weighted by Crippen LogP contribution is 2.26. The molecule has 102 valence electrons. The van der Waals surface area contributed by atoms with E-state index in [0.717, 1.165) is 16.9 Å². The maximum atomic E-state index is 12.3. The van der Waals surface area contributed by atoms with Crippen LogP contribution in [0.4, 0.5) is 11.4 Å². The fourth-order valence-electron chi connectivity index (χ4n) is 2.36. The molecule has 1 amide bonds. The number of benzene rings is 2. The number of para-hydroxylation sites is 1. The van der Waals surface area contributed by atoms with Gasteiger partial charge in [0.15, 0.2) is 0 Å². The van der Waals surface area contributed by atoms with Gasteiger partial charge in [0.05, 0.1) is 0 Å². The third-order valence-corrected chi connectivity index (χ3v) is 3.93. The van der Waals surface area contributed by atoms with Crippen LogP contribution in [0.15, 0.2) is 42.5 Å². The number of hydrogen-bond donors (Lipinski definition) is 2. The second-order valence-electron chi connectivity index (χ2n) is 5.01. The first kappa shape index (κ1) is 13.0. The predicted molar refractivity (Wildman–Crippen MR) is 82.4 cm³/mol. The van der Waals surface area contributed by atoms with Crippen molar-refractivity contribution in [3.05, 3.63) is 58.6 Å². The molecule has 4 heteroatoms. The number of carbonyl (C=O) groups excluding carboxylic acids is 1. The summed E-state index contributed by atoms with van der Waals surface area (Å²) in [6, 6.07) is 13.3. The molecular weight excluding hydrogens is 272 g/mol. The summed E-state index contributed by atoms with van der Waals surface area (Å²) in [4.78, 5) is 12.3. The predicted octanol–water partition coefficient (Wildman–Crippen LogP) is 3.62. The summed E-state index contributed by atoms with van der Waals surface area (Å²) in [6.07, 6.45) is 0.710. The van der Waals surface area contributed by atoms with Gasteiger partial charge in [-0.2, -0.15) is 0 Å². The first-order valence-electron chi connectivity index (χ1n) is 6.55. The van der Waals surface area contributed by atoms with E-state index in [-0.39, 0.29) is 11.9 Å². The molecule has 0 fully saturated rings. The van der Waals surface area contributed by atoms with E-state index in [0.29, 0.717) is 11.4 Å². The van der Waals surface area contributed by atoms with Crippen LogP contribution in [0.1, 0.15) is 11.1 Å². The van der Waals surface area contributed by atoms with Crippen molar-refractivity contribution in [2.45, 2.75) is 19.4 Å². The Bertz CT molecular complexity index is 644. The van der Waals surface area contributed by atoms with Gasteiger partial charge < -0.3 is 10.6 Å². The largest absolute Gasteiger partial charge is 0.373 e. The SMILES string of the molecule is Cc1ccc(NC(=O)C2Cc3ccccc3N2)cc1Cl. The highest BCUT2D eigenvalue weighted by molar-refractivity contribution is 6.31. The Balaban J connectivity index is 1.71. The van der Waals surface area contributed by atoms with Crippen LogP contribution in [0.3, 0.4) is 0 Å². The molecule has 0 bridgehead atoms. The number of carbonyl (C=O) groups is 1. The molecule has 20 heavy (non-hydrogen) atoms. The topological polar surface area (TPSA) is 41.1 Å². The fraction of sp³-hybridized carbons (Fsp3) is 0.188. The molecule has 1 unspecified atom stereocenters. The molecular formula is C16H15ClN2O. The molecule has 1 aliphatic heterocycles. The van der Waals surface area contributed by atoms with Gasteiger partial charge >= 0.3 is 0 Å². The Kier molecular flexibility index (Phi) is 3.36. The Labute approximate surface area is 123 Å². The lowest BCUT2D eigenvalue weighted by Crippen LogP contribution is -2.32. The first-order valence-corrected chi connectivity index (χ1v) is 6.93. The number of hydrogen-bond acceptors (Lipinski definition) is 2. The standard InChI is InChI=1S/C16H15ClN2O/c1-10-6-7-12(9-13(10)17)18-16(20)15-8-11-4-2-3-5-14(11)19-15/h2-7,9,15,19H,8H2,1H3,(H,18,20). The van der Waals surface area contributed by atoms with E-state index in [9.17, 15) is 4.79 Å². The monoisotopic (exact) mass is 286 g/mol. The number of fused-ring (bicyclic) bond motifs is 1. The van der Waals surface area contributed by atoms with Gasteiger partial charge in [0.2, 0.25) is 5.91 Å². The van der Waals surface area contributed by atoms with Crippen LogP contribution in [0.25, 0.3) is 0 Å². The van der Waals surface area contributed by atoms with Gasteiger partial charge in [-0.25, -0.2) is 0 Å². The van der Waals surface area contributed by atoms with Gasteiger partial charge in [0, 0.05) is 22.8 Å². The molecule has 3 rings (SSSR count). The number of rotatable bonds is 2. The van der Waals surface area contributed by atoms with Gasteiger partial charge in [-0.3, -0.25) is 4.79 Å². The average Bonchev–Trinajstić information content (AvgIpc) is 2.87. The van der Waals surface area contributed by atoms with E-state index >= 15 is 0 Å². The molecule has 2 aromatic rings. The van der Waals surface area contributed by atoms with E-state index < -0.39 is 0 Å². The van der Waals surface area contributed by atoms with Crippen LogP contribution in [0.2, 0.25) is 5.02 Å². The van der Waals surface area contributed by atoms with Crippen molar-refractivity contribution in [1.82, 2.24) is 0 Å². The number of amides is 1. The van der Waals surface area contributed by atoms with E-state index in [1.807, 2.05) is 43.3 Å². The van der Waals surface area contributed by atoms with Gasteiger partial charge in [0.1, 0.15) is 6.04 Å². The molecule has 0 radical (unpaired) electrons. The second kappa shape index (κ2) is 5.17. The van der Waals surface area contributed by atoms with Crippen molar-refractivity contribution in [3.8, 4) is 0 Å². The maximum absolute atomic E-state index is 12.3. The number of halogens is 1. The Morgan fingerprint density at radius 1 is 1.30 bits per heavy atom. The molecule has 3 nitrogen and oxygen atoms in total. The quantitative estimate of drug-likeness (QED) is 0.885. The molecule has 0 saturated carbocycles. The zero-order valence-electron chi connectivity index (χ0n) is 11.1. The molecule has 0 saturated heterocycles. The van der Waals surface area contributed by atoms with Gasteiger partial charge in [0.25, 0.3) is 0 Å². The lowest BCUT2D eigenvalue weighted by molar-refractivity contribution is -0.116. The Morgan fingerprint density at radius 3 is 2.85 bits per heavy atom. The van der Waals surface area contributed by atoms with Crippen LogP contribution >= 0.6 is 11.6 Å². The molecule has 1 aliphatic rings. The fourth-order valence-corrected chi connectivity index (χ4v) is 2.54. The molecule has 2 aromatic carbocycles. The summed E-state index contributed by atoms with van der Waals surface area (Å²) in [5.74, 6) is -0.0406. The summed E-state index contributed by atoms with van der Waals surface area (Å²) in [5, 5.41) is 6.79. The summed E-state index contributed by atoms with van der Waals surface area (Å²) in [5.41, 5.74) is 3.93. The molecule has 0 aliphatic carbocycles. The van der Waals surface area contributed by atoms with Crippen LogP contribution in [-0.4, -0.2) is 11.9 Å². The van der Waals surface area contributed by atoms with E-state index in [1.165, 1.54) is 5.56 Å². The normalized spacial score (nSPS) is 16.4. The van der Waals surface area contributed by atoms with Crippen molar-refractivity contribution >= 4 is 28.9 Å². The molecule has 1 heterocycles. The van der Waals surface area contributed by atoms with Crippen LogP contribution in [0.5, 0.6) is 0 Å². The van der Waals surface area contributed by atoms with Crippen molar-refractivity contribution in [3.63, 3.8) is 0 Å². The van der Waals surface area contributed by atoms with Crippen LogP contribution in [-0.2, 0) is 11.2 Å². The Morgan fingerprint density at radius 2 is 2.10 bits per heavy atom. The summed E-state index contributed by atoms with van der Waals surface area (Å²) >= 11 is 6.06. The summed E-state index contributed by atoms with van der Waals surface area (Å²) in [7, 11) is 0. The summed E-state index contributed by atoms with van der Waals surface area (Å²) in [6.45, 7) is 1.93. The maximum Gasteiger partial charge on any atom is 0.247 e. The molecule has 2 N–H and O–H groups in total. The lowest BCUT2D eigenvalue weighted by atomic mass is 10.1. The highest BCUT2D eigenvalue weighted by Gasteiger charge is 2.26. The number of anilines is 2. The lowest BCUT2D eigenvalue weighted by Gasteiger charge is -2.12. The van der Waals surface area contributed by atoms with Crippen molar-refractivity contribution in [2.24, 2.45) is 0 Å². The van der Waals surface area contributed by atoms with E-state index in [1.54, 1.807) is 6.07 Å². The van der Waals surface area contributed by atoms with Crippen molar-refractivity contribution in [1.29, 1.82) is 0 Å². The van der Waals surface area contributed by atoms with E-state index in [4.69, 9.17) is 11.6 Å². The second-order valence-corrected chi connectivity index (χ2v) is 5.42. The molecule has 0 spiro atoms. The Hall–Kier alpha value is -2.00. The molecule has 0 aromatic heterocycles. The minimum Gasteiger partial charge on any atom is -0.373 e. The smallest absolute Gasteiger partial charge is 0.247 e. The zero-order valence-corrected chi connectivity index (χ0v) is 11.9. The number of nitrogens with one attached hydrogen (secondary N) is 2. The van der Waals surface area contributed by atoms with Crippen LogP contribution < -0.4 is 10.6 Å². The zero-order chi connectivity index (χ0) is 14.1. The first-order chi connectivity index (χ1) is 9.63. The average molecular weight is 287 g/mol. The third kappa shape index (κ3) is 2.49. The summed E-state index contributed by atoms with van der Waals surface area (Å²) < 4.78 is 0. The highest BCUT2D eigenvalue weighted by atomic mass is 35.5. The third-order valence-electron chi connectivity index (χ3n) is 3.53. The minimum absolute atomic E-state index is 0.0406. The van der Waals surface area contributed by atoms with E-state index in [2.05, 4.69) is 10.6 Å². The van der Waals surface area contributed by atoms with Gasteiger partial charge in [-0.05, 0) is 36.2 Å².